The Morgan fingerprint density at radius 1 is 1.19 bits per heavy atom. The highest BCUT2D eigenvalue weighted by atomic mass is 32.2. The standard InChI is InChI=1S/C15H17N3O2S/c1-17-13-4-2-3-12(11(13)5-6-14(17)19)16-15(20)18-7-9-21-10-8-18/h2-6H,7-10H2,1H3,(H,16,20). The number of anilines is 1. The summed E-state index contributed by atoms with van der Waals surface area (Å²) in [5, 5.41) is 3.84. The molecule has 0 saturated carbocycles. The molecular weight excluding hydrogens is 286 g/mol. The molecule has 21 heavy (non-hydrogen) atoms. The van der Waals surface area contributed by atoms with Crippen molar-refractivity contribution < 1.29 is 4.79 Å². The normalized spacial score (nSPS) is 15.2. The van der Waals surface area contributed by atoms with E-state index < -0.39 is 0 Å². The van der Waals surface area contributed by atoms with Crippen LogP contribution in [-0.4, -0.2) is 40.1 Å². The average Bonchev–Trinajstić information content (AvgIpc) is 2.52. The van der Waals surface area contributed by atoms with E-state index in [1.165, 1.54) is 6.07 Å². The highest BCUT2D eigenvalue weighted by Gasteiger charge is 2.17. The number of pyridine rings is 1. The number of benzene rings is 1. The zero-order valence-corrected chi connectivity index (χ0v) is 12.7. The summed E-state index contributed by atoms with van der Waals surface area (Å²) in [6.07, 6.45) is 0. The van der Waals surface area contributed by atoms with Crippen molar-refractivity contribution in [1.82, 2.24) is 9.47 Å². The molecule has 0 unspecified atom stereocenters. The summed E-state index contributed by atoms with van der Waals surface area (Å²) < 4.78 is 1.59. The number of hydrogen-bond donors (Lipinski definition) is 1. The van der Waals surface area contributed by atoms with Crippen LogP contribution in [0.1, 0.15) is 0 Å². The van der Waals surface area contributed by atoms with Gasteiger partial charge in [0, 0.05) is 43.1 Å². The molecule has 0 spiro atoms. The molecule has 0 bridgehead atoms. The van der Waals surface area contributed by atoms with Crippen LogP contribution in [0.4, 0.5) is 10.5 Å². The molecule has 0 atom stereocenters. The number of carbonyl (C=O) groups is 1. The van der Waals surface area contributed by atoms with Gasteiger partial charge in [0.25, 0.3) is 5.56 Å². The van der Waals surface area contributed by atoms with Gasteiger partial charge in [-0.05, 0) is 18.2 Å². The van der Waals surface area contributed by atoms with E-state index >= 15 is 0 Å². The Balaban J connectivity index is 1.92. The smallest absolute Gasteiger partial charge is 0.321 e. The van der Waals surface area contributed by atoms with Crippen LogP contribution in [0.5, 0.6) is 0 Å². The van der Waals surface area contributed by atoms with E-state index in [0.29, 0.717) is 0 Å². The van der Waals surface area contributed by atoms with Crippen LogP contribution in [0, 0.1) is 0 Å². The number of urea groups is 1. The molecular formula is C15H17N3O2S. The molecule has 5 nitrogen and oxygen atoms in total. The van der Waals surface area contributed by atoms with Crippen molar-refractivity contribution in [3.8, 4) is 0 Å². The molecule has 2 aromatic rings. The van der Waals surface area contributed by atoms with E-state index in [1.54, 1.807) is 17.7 Å². The monoisotopic (exact) mass is 303 g/mol. The summed E-state index contributed by atoms with van der Waals surface area (Å²) in [6, 6.07) is 8.81. The fraction of sp³-hybridized carbons (Fsp3) is 0.333. The summed E-state index contributed by atoms with van der Waals surface area (Å²) in [6.45, 7) is 1.56. The molecule has 1 aromatic heterocycles. The number of fused-ring (bicyclic) bond motifs is 1. The van der Waals surface area contributed by atoms with Crippen molar-refractivity contribution in [3.05, 3.63) is 40.7 Å². The maximum Gasteiger partial charge on any atom is 0.321 e. The van der Waals surface area contributed by atoms with Gasteiger partial charge in [0.2, 0.25) is 0 Å². The second-order valence-corrected chi connectivity index (χ2v) is 6.22. The summed E-state index contributed by atoms with van der Waals surface area (Å²) in [7, 11) is 1.73. The van der Waals surface area contributed by atoms with E-state index in [1.807, 2.05) is 34.9 Å². The SMILES string of the molecule is Cn1c(=O)ccc2c(NC(=O)N3CCSCC3)cccc21. The molecule has 2 amide bonds. The van der Waals surface area contributed by atoms with Gasteiger partial charge in [-0.2, -0.15) is 11.8 Å². The van der Waals surface area contributed by atoms with Crippen LogP contribution >= 0.6 is 11.8 Å². The summed E-state index contributed by atoms with van der Waals surface area (Å²) in [5.74, 6) is 1.97. The Morgan fingerprint density at radius 3 is 2.71 bits per heavy atom. The molecule has 2 heterocycles. The van der Waals surface area contributed by atoms with Gasteiger partial charge < -0.3 is 14.8 Å². The van der Waals surface area contributed by atoms with E-state index in [9.17, 15) is 9.59 Å². The van der Waals surface area contributed by atoms with Gasteiger partial charge in [-0.25, -0.2) is 4.79 Å². The summed E-state index contributed by atoms with van der Waals surface area (Å²) in [4.78, 5) is 25.8. The van der Waals surface area contributed by atoms with E-state index in [0.717, 1.165) is 41.2 Å². The third-order valence-corrected chi connectivity index (χ3v) is 4.65. The highest BCUT2D eigenvalue weighted by molar-refractivity contribution is 7.99. The van der Waals surface area contributed by atoms with Gasteiger partial charge in [-0.3, -0.25) is 4.79 Å². The van der Waals surface area contributed by atoms with E-state index in [2.05, 4.69) is 5.32 Å². The maximum atomic E-state index is 12.3. The molecule has 1 N–H and O–H groups in total. The molecule has 1 aliphatic heterocycles. The summed E-state index contributed by atoms with van der Waals surface area (Å²) >= 11 is 1.87. The number of hydrogen-bond acceptors (Lipinski definition) is 3. The number of amides is 2. The lowest BCUT2D eigenvalue weighted by molar-refractivity contribution is 0.217. The number of carbonyl (C=O) groups excluding carboxylic acids is 1. The lowest BCUT2D eigenvalue weighted by Crippen LogP contribution is -2.40. The van der Waals surface area contributed by atoms with Gasteiger partial charge >= 0.3 is 6.03 Å². The van der Waals surface area contributed by atoms with Crippen LogP contribution in [0.25, 0.3) is 10.9 Å². The first-order valence-electron chi connectivity index (χ1n) is 6.89. The van der Waals surface area contributed by atoms with Crippen LogP contribution in [0.3, 0.4) is 0 Å². The lowest BCUT2D eigenvalue weighted by atomic mass is 10.1. The average molecular weight is 303 g/mol. The third-order valence-electron chi connectivity index (χ3n) is 3.71. The number of aryl methyl sites for hydroxylation is 1. The number of aromatic nitrogens is 1. The van der Waals surface area contributed by atoms with Crippen LogP contribution < -0.4 is 10.9 Å². The Hall–Kier alpha value is -1.95. The van der Waals surface area contributed by atoms with Gasteiger partial charge in [-0.1, -0.05) is 6.07 Å². The number of thioether (sulfide) groups is 1. The molecule has 1 saturated heterocycles. The predicted molar refractivity (Wildman–Crippen MR) is 87.1 cm³/mol. The van der Waals surface area contributed by atoms with Crippen LogP contribution in [0.2, 0.25) is 0 Å². The van der Waals surface area contributed by atoms with E-state index in [4.69, 9.17) is 0 Å². The first kappa shape index (κ1) is 14.0. The minimum atomic E-state index is -0.0725. The fourth-order valence-electron chi connectivity index (χ4n) is 2.48. The molecule has 6 heteroatoms. The van der Waals surface area contributed by atoms with Gasteiger partial charge in [0.15, 0.2) is 0 Å². The molecule has 1 fully saturated rings. The van der Waals surface area contributed by atoms with Crippen molar-refractivity contribution in [2.45, 2.75) is 0 Å². The van der Waals surface area contributed by atoms with Gasteiger partial charge in [-0.15, -0.1) is 0 Å². The quantitative estimate of drug-likeness (QED) is 0.878. The minimum absolute atomic E-state index is 0.0565. The summed E-state index contributed by atoms with van der Waals surface area (Å²) in [5.41, 5.74) is 1.50. The second kappa shape index (κ2) is 5.81. The number of rotatable bonds is 1. The lowest BCUT2D eigenvalue weighted by Gasteiger charge is -2.26. The molecule has 110 valence electrons. The number of nitrogens with one attached hydrogen (secondary N) is 1. The topological polar surface area (TPSA) is 54.3 Å². The van der Waals surface area contributed by atoms with Crippen molar-refractivity contribution >= 4 is 34.4 Å². The Kier molecular flexibility index (Phi) is 3.88. The Bertz CT molecular complexity index is 735. The Morgan fingerprint density at radius 2 is 1.95 bits per heavy atom. The van der Waals surface area contributed by atoms with Crippen molar-refractivity contribution in [1.29, 1.82) is 0 Å². The van der Waals surface area contributed by atoms with Crippen LogP contribution in [-0.2, 0) is 7.05 Å². The van der Waals surface area contributed by atoms with Crippen LogP contribution in [0.15, 0.2) is 35.1 Å². The Labute approximate surface area is 126 Å². The molecule has 0 aliphatic carbocycles. The highest BCUT2D eigenvalue weighted by Crippen LogP contribution is 2.22. The maximum absolute atomic E-state index is 12.3. The largest absolute Gasteiger partial charge is 0.323 e. The minimum Gasteiger partial charge on any atom is -0.323 e. The molecule has 0 radical (unpaired) electrons. The third kappa shape index (κ3) is 2.76. The first-order valence-corrected chi connectivity index (χ1v) is 8.05. The zero-order valence-electron chi connectivity index (χ0n) is 11.8. The molecule has 1 aliphatic rings. The first-order chi connectivity index (χ1) is 10.2. The number of nitrogens with zero attached hydrogens (tertiary/aromatic N) is 2. The van der Waals surface area contributed by atoms with Crippen molar-refractivity contribution in [2.75, 3.05) is 29.9 Å². The van der Waals surface area contributed by atoms with Crippen molar-refractivity contribution in [3.63, 3.8) is 0 Å². The predicted octanol–water partition coefficient (Wildman–Crippen LogP) is 2.12. The second-order valence-electron chi connectivity index (χ2n) is 5.00. The van der Waals surface area contributed by atoms with Gasteiger partial charge in [0.05, 0.1) is 11.2 Å². The van der Waals surface area contributed by atoms with E-state index in [-0.39, 0.29) is 11.6 Å². The van der Waals surface area contributed by atoms with Crippen molar-refractivity contribution in [2.24, 2.45) is 7.05 Å². The molecule has 3 rings (SSSR count). The molecule has 1 aromatic carbocycles. The fourth-order valence-corrected chi connectivity index (χ4v) is 3.38. The zero-order chi connectivity index (χ0) is 14.8. The van der Waals surface area contributed by atoms with Gasteiger partial charge in [0.1, 0.15) is 0 Å².